The van der Waals surface area contributed by atoms with Crippen molar-refractivity contribution in [1.82, 2.24) is 0 Å². The maximum atomic E-state index is 13.5. The van der Waals surface area contributed by atoms with Gasteiger partial charge in [-0.2, -0.15) is 0 Å². The minimum Gasteiger partial charge on any atom is -0.484 e. The maximum absolute atomic E-state index is 13.5. The summed E-state index contributed by atoms with van der Waals surface area (Å²) in [5.41, 5.74) is 5.80. The van der Waals surface area contributed by atoms with Crippen LogP contribution in [0.4, 0.5) is 20.2 Å². The Balaban J connectivity index is 1.97. The molecule has 3 N–H and O–H groups in total. The van der Waals surface area contributed by atoms with E-state index in [0.29, 0.717) is 11.4 Å². The molecule has 2 aromatic rings. The summed E-state index contributed by atoms with van der Waals surface area (Å²) < 4.78 is 32.0. The lowest BCUT2D eigenvalue weighted by molar-refractivity contribution is -0.118. The van der Waals surface area contributed by atoms with Gasteiger partial charge in [-0.1, -0.05) is 6.07 Å². The average Bonchev–Trinajstić information content (AvgIpc) is 2.43. The minimum absolute atomic E-state index is 0.0194. The summed E-state index contributed by atoms with van der Waals surface area (Å²) in [5, 5.41) is 2.23. The summed E-state index contributed by atoms with van der Waals surface area (Å²) >= 11 is 2.85. The molecule has 0 radical (unpaired) electrons. The van der Waals surface area contributed by atoms with Crippen molar-refractivity contribution in [2.24, 2.45) is 0 Å². The molecule has 4 nitrogen and oxygen atoms in total. The van der Waals surface area contributed by atoms with Crippen molar-refractivity contribution in [3.05, 3.63) is 52.5 Å². The number of hydrogen-bond acceptors (Lipinski definition) is 3. The van der Waals surface area contributed by atoms with Gasteiger partial charge in [-0.3, -0.25) is 4.79 Å². The van der Waals surface area contributed by atoms with Crippen molar-refractivity contribution < 1.29 is 18.3 Å². The van der Waals surface area contributed by atoms with Gasteiger partial charge in [0.2, 0.25) is 0 Å². The number of benzene rings is 2. The van der Waals surface area contributed by atoms with Crippen LogP contribution in [-0.4, -0.2) is 12.5 Å². The SMILES string of the molecule is Nc1cccc(OCC(=O)Nc2cc(F)c(Br)cc2F)c1. The number of hydrogen-bond donors (Lipinski definition) is 2. The molecule has 2 aromatic carbocycles. The van der Waals surface area contributed by atoms with Gasteiger partial charge >= 0.3 is 0 Å². The average molecular weight is 357 g/mol. The van der Waals surface area contributed by atoms with Gasteiger partial charge in [-0.15, -0.1) is 0 Å². The first-order chi connectivity index (χ1) is 9.95. The quantitative estimate of drug-likeness (QED) is 0.652. The minimum atomic E-state index is -0.749. The third-order valence-corrected chi connectivity index (χ3v) is 3.12. The van der Waals surface area contributed by atoms with Crippen LogP contribution in [0.15, 0.2) is 40.9 Å². The molecule has 7 heteroatoms. The Morgan fingerprint density at radius 3 is 2.71 bits per heavy atom. The van der Waals surface area contributed by atoms with Gasteiger partial charge in [-0.05, 0) is 34.1 Å². The fourth-order valence-corrected chi connectivity index (χ4v) is 1.87. The van der Waals surface area contributed by atoms with E-state index in [4.69, 9.17) is 10.5 Å². The number of anilines is 2. The molecular formula is C14H11BrF2N2O2. The van der Waals surface area contributed by atoms with Gasteiger partial charge in [0.05, 0.1) is 10.2 Å². The van der Waals surface area contributed by atoms with Crippen LogP contribution in [0.25, 0.3) is 0 Å². The van der Waals surface area contributed by atoms with E-state index in [9.17, 15) is 13.6 Å². The molecular weight excluding hydrogens is 346 g/mol. The Bertz CT molecular complexity index is 680. The smallest absolute Gasteiger partial charge is 0.262 e. The maximum Gasteiger partial charge on any atom is 0.262 e. The van der Waals surface area contributed by atoms with E-state index in [2.05, 4.69) is 21.2 Å². The number of rotatable bonds is 4. The van der Waals surface area contributed by atoms with Crippen molar-refractivity contribution in [3.8, 4) is 5.75 Å². The molecule has 0 aliphatic rings. The molecule has 0 bridgehead atoms. The first-order valence-corrected chi connectivity index (χ1v) is 6.68. The number of carbonyl (C=O) groups excluding carboxylic acids is 1. The van der Waals surface area contributed by atoms with Gasteiger partial charge in [0.25, 0.3) is 5.91 Å². The monoisotopic (exact) mass is 356 g/mol. The van der Waals surface area contributed by atoms with E-state index in [1.165, 1.54) is 0 Å². The molecule has 2 rings (SSSR count). The van der Waals surface area contributed by atoms with E-state index in [0.717, 1.165) is 12.1 Å². The van der Waals surface area contributed by atoms with Crippen molar-refractivity contribution in [2.45, 2.75) is 0 Å². The van der Waals surface area contributed by atoms with Crippen LogP contribution in [0.5, 0.6) is 5.75 Å². The standard InChI is InChI=1S/C14H11BrF2N2O2/c15-10-5-12(17)13(6-11(10)16)19-14(20)7-21-9-3-1-2-8(18)4-9/h1-6H,7,18H2,(H,19,20). The molecule has 110 valence electrons. The molecule has 1 amide bonds. The largest absolute Gasteiger partial charge is 0.484 e. The highest BCUT2D eigenvalue weighted by molar-refractivity contribution is 9.10. The Labute approximate surface area is 128 Å². The Morgan fingerprint density at radius 2 is 2.00 bits per heavy atom. The third-order valence-electron chi connectivity index (χ3n) is 2.51. The number of carbonyl (C=O) groups is 1. The van der Waals surface area contributed by atoms with E-state index in [1.807, 2.05) is 0 Å². The molecule has 0 aromatic heterocycles. The van der Waals surface area contributed by atoms with Crippen LogP contribution >= 0.6 is 15.9 Å². The predicted octanol–water partition coefficient (Wildman–Crippen LogP) is 3.33. The van der Waals surface area contributed by atoms with Crippen LogP contribution in [0.2, 0.25) is 0 Å². The fraction of sp³-hybridized carbons (Fsp3) is 0.0714. The summed E-state index contributed by atoms with van der Waals surface area (Å²) in [7, 11) is 0. The molecule has 0 aliphatic heterocycles. The number of nitrogen functional groups attached to an aromatic ring is 1. The second-order valence-corrected chi connectivity index (χ2v) is 5.01. The molecule has 0 spiro atoms. The molecule has 0 unspecified atom stereocenters. The normalized spacial score (nSPS) is 10.2. The van der Waals surface area contributed by atoms with Crippen LogP contribution in [0.1, 0.15) is 0 Å². The van der Waals surface area contributed by atoms with Gasteiger partial charge in [0, 0.05) is 17.8 Å². The molecule has 0 saturated carbocycles. The van der Waals surface area contributed by atoms with Gasteiger partial charge in [0.1, 0.15) is 17.4 Å². The van der Waals surface area contributed by atoms with Crippen LogP contribution in [0, 0.1) is 11.6 Å². The zero-order valence-electron chi connectivity index (χ0n) is 10.7. The lowest BCUT2D eigenvalue weighted by Gasteiger charge is -2.09. The van der Waals surface area contributed by atoms with Crippen molar-refractivity contribution in [3.63, 3.8) is 0 Å². The highest BCUT2D eigenvalue weighted by Gasteiger charge is 2.11. The summed E-state index contributed by atoms with van der Waals surface area (Å²) in [4.78, 5) is 11.7. The second-order valence-electron chi connectivity index (χ2n) is 4.16. The first kappa shape index (κ1) is 15.2. The molecule has 0 atom stereocenters. The van der Waals surface area contributed by atoms with E-state index >= 15 is 0 Å². The Morgan fingerprint density at radius 1 is 1.24 bits per heavy atom. The first-order valence-electron chi connectivity index (χ1n) is 5.88. The topological polar surface area (TPSA) is 64.3 Å². The molecule has 21 heavy (non-hydrogen) atoms. The number of amides is 1. The lowest BCUT2D eigenvalue weighted by Crippen LogP contribution is -2.21. The summed E-state index contributed by atoms with van der Waals surface area (Å²) in [6.07, 6.45) is 0. The van der Waals surface area contributed by atoms with Gasteiger partial charge < -0.3 is 15.8 Å². The highest BCUT2D eigenvalue weighted by Crippen LogP contribution is 2.23. The van der Waals surface area contributed by atoms with Crippen LogP contribution in [0.3, 0.4) is 0 Å². The summed E-state index contributed by atoms with van der Waals surface area (Å²) in [6.45, 7) is -0.347. The number of ether oxygens (including phenoxy) is 1. The summed E-state index contributed by atoms with van der Waals surface area (Å²) in [6, 6.07) is 8.34. The zero-order chi connectivity index (χ0) is 15.4. The fourth-order valence-electron chi connectivity index (χ4n) is 1.56. The molecule has 0 heterocycles. The van der Waals surface area contributed by atoms with E-state index in [-0.39, 0.29) is 16.8 Å². The van der Waals surface area contributed by atoms with Gasteiger partial charge in [0.15, 0.2) is 6.61 Å². The zero-order valence-corrected chi connectivity index (χ0v) is 12.3. The second kappa shape index (κ2) is 6.53. The molecule has 0 fully saturated rings. The van der Waals surface area contributed by atoms with Crippen molar-refractivity contribution in [1.29, 1.82) is 0 Å². The third kappa shape index (κ3) is 4.16. The van der Waals surface area contributed by atoms with Crippen LogP contribution < -0.4 is 15.8 Å². The van der Waals surface area contributed by atoms with Crippen molar-refractivity contribution in [2.75, 3.05) is 17.7 Å². The predicted molar refractivity (Wildman–Crippen MR) is 79.0 cm³/mol. The number of halogens is 3. The Hall–Kier alpha value is -2.15. The number of nitrogens with one attached hydrogen (secondary N) is 1. The molecule has 0 saturated heterocycles. The van der Waals surface area contributed by atoms with Gasteiger partial charge in [-0.25, -0.2) is 8.78 Å². The lowest BCUT2D eigenvalue weighted by atomic mass is 10.3. The number of nitrogens with two attached hydrogens (primary N) is 1. The Kier molecular flexibility index (Phi) is 4.74. The van der Waals surface area contributed by atoms with E-state index in [1.54, 1.807) is 24.3 Å². The highest BCUT2D eigenvalue weighted by atomic mass is 79.9. The van der Waals surface area contributed by atoms with Crippen LogP contribution in [-0.2, 0) is 4.79 Å². The van der Waals surface area contributed by atoms with Crippen molar-refractivity contribution >= 4 is 33.2 Å². The molecule has 0 aliphatic carbocycles. The summed E-state index contributed by atoms with van der Waals surface area (Å²) in [5.74, 6) is -1.63. The van der Waals surface area contributed by atoms with E-state index < -0.39 is 17.5 Å².